The van der Waals surface area contributed by atoms with Crippen LogP contribution in [0.1, 0.15) is 28.8 Å². The zero-order valence-electron chi connectivity index (χ0n) is 19.6. The maximum Gasteiger partial charge on any atom is 0.253 e. The monoisotopic (exact) mass is 494 g/mol. The fraction of sp³-hybridized carbons (Fsp3) is 0.385. The number of pyridine rings is 1. The molecule has 9 heteroatoms. The second-order valence-electron chi connectivity index (χ2n) is 9.08. The van der Waals surface area contributed by atoms with Gasteiger partial charge in [0.1, 0.15) is 0 Å². The van der Waals surface area contributed by atoms with E-state index in [0.29, 0.717) is 25.3 Å². The highest BCUT2D eigenvalue weighted by Gasteiger charge is 2.25. The number of nitrogens with one attached hydrogen (secondary N) is 1. The summed E-state index contributed by atoms with van der Waals surface area (Å²) in [5.74, 6) is -0.146. The SMILES string of the molecule is O=C(c1cccc(S(=O)(=O)NCC2CCCO2)c1)N1CCN(Cc2cccc3cccnc23)CC1. The van der Waals surface area contributed by atoms with Crippen LogP contribution in [0, 0.1) is 0 Å². The number of sulfonamides is 1. The molecule has 2 saturated heterocycles. The highest BCUT2D eigenvalue weighted by atomic mass is 32.2. The third-order valence-corrected chi connectivity index (χ3v) is 8.11. The minimum absolute atomic E-state index is 0.0875. The third kappa shape index (κ3) is 5.54. The van der Waals surface area contributed by atoms with Crippen molar-refractivity contribution in [3.8, 4) is 0 Å². The van der Waals surface area contributed by atoms with Gasteiger partial charge in [-0.1, -0.05) is 30.3 Å². The van der Waals surface area contributed by atoms with Crippen LogP contribution in [0.5, 0.6) is 0 Å². The van der Waals surface area contributed by atoms with E-state index in [0.717, 1.165) is 43.4 Å². The third-order valence-electron chi connectivity index (χ3n) is 6.69. The zero-order valence-corrected chi connectivity index (χ0v) is 20.4. The molecular weight excluding hydrogens is 464 g/mol. The maximum absolute atomic E-state index is 13.1. The smallest absolute Gasteiger partial charge is 0.253 e. The van der Waals surface area contributed by atoms with Crippen LogP contribution in [0.2, 0.25) is 0 Å². The molecule has 1 N–H and O–H groups in total. The van der Waals surface area contributed by atoms with Gasteiger partial charge >= 0.3 is 0 Å². The first-order valence-corrected chi connectivity index (χ1v) is 13.5. The van der Waals surface area contributed by atoms with Crippen LogP contribution in [-0.2, 0) is 21.3 Å². The second-order valence-corrected chi connectivity index (χ2v) is 10.8. The number of benzene rings is 2. The first kappa shape index (κ1) is 23.9. The van der Waals surface area contributed by atoms with E-state index in [1.54, 1.807) is 17.0 Å². The number of aromatic nitrogens is 1. The van der Waals surface area contributed by atoms with Crippen LogP contribution in [0.3, 0.4) is 0 Å². The summed E-state index contributed by atoms with van der Waals surface area (Å²) in [6, 6.07) is 16.5. The molecule has 1 amide bonds. The van der Waals surface area contributed by atoms with Crippen molar-refractivity contribution in [3.63, 3.8) is 0 Å². The van der Waals surface area contributed by atoms with Gasteiger partial charge in [-0.25, -0.2) is 13.1 Å². The molecule has 2 fully saturated rings. The summed E-state index contributed by atoms with van der Waals surface area (Å²) in [4.78, 5) is 21.9. The van der Waals surface area contributed by atoms with E-state index in [9.17, 15) is 13.2 Å². The standard InChI is InChI=1S/C26H30N4O4S/c31-26(21-6-2-10-24(17-21)35(32,33)28-18-23-9-4-16-34-23)30-14-12-29(13-15-30)19-22-7-1-5-20-8-3-11-27-25(20)22/h1-3,5-8,10-11,17,23,28H,4,9,12-16,18-19H2. The number of piperazine rings is 1. The molecule has 3 heterocycles. The lowest BCUT2D eigenvalue weighted by molar-refractivity contribution is 0.0628. The van der Waals surface area contributed by atoms with E-state index in [1.165, 1.54) is 17.7 Å². The summed E-state index contributed by atoms with van der Waals surface area (Å²) >= 11 is 0. The van der Waals surface area contributed by atoms with Crippen LogP contribution in [0.25, 0.3) is 10.9 Å². The van der Waals surface area contributed by atoms with Crippen molar-refractivity contribution in [1.29, 1.82) is 0 Å². The van der Waals surface area contributed by atoms with Crippen molar-refractivity contribution >= 4 is 26.8 Å². The van der Waals surface area contributed by atoms with E-state index in [2.05, 4.69) is 38.9 Å². The van der Waals surface area contributed by atoms with Gasteiger partial charge in [-0.15, -0.1) is 0 Å². The fourth-order valence-corrected chi connectivity index (χ4v) is 5.83. The molecule has 0 saturated carbocycles. The van der Waals surface area contributed by atoms with Crippen molar-refractivity contribution in [1.82, 2.24) is 19.5 Å². The Morgan fingerprint density at radius 1 is 1.06 bits per heavy atom. The van der Waals surface area contributed by atoms with Gasteiger partial charge in [0.05, 0.1) is 16.5 Å². The number of fused-ring (bicyclic) bond motifs is 1. The fourth-order valence-electron chi connectivity index (χ4n) is 4.72. The Balaban J connectivity index is 1.20. The Hall–Kier alpha value is -2.85. The molecule has 0 spiro atoms. The summed E-state index contributed by atoms with van der Waals surface area (Å²) in [7, 11) is -3.71. The van der Waals surface area contributed by atoms with Crippen LogP contribution < -0.4 is 4.72 Å². The van der Waals surface area contributed by atoms with Crippen molar-refractivity contribution in [2.24, 2.45) is 0 Å². The summed E-state index contributed by atoms with van der Waals surface area (Å²) in [5.41, 5.74) is 2.58. The largest absolute Gasteiger partial charge is 0.377 e. The minimum atomic E-state index is -3.71. The zero-order chi connectivity index (χ0) is 24.3. The lowest BCUT2D eigenvalue weighted by Crippen LogP contribution is -2.48. The summed E-state index contributed by atoms with van der Waals surface area (Å²) in [6.45, 7) is 4.36. The van der Waals surface area contributed by atoms with Gasteiger partial charge in [0.15, 0.2) is 0 Å². The predicted octanol–water partition coefficient (Wildman–Crippen LogP) is 2.65. The number of ether oxygens (including phenoxy) is 1. The highest BCUT2D eigenvalue weighted by molar-refractivity contribution is 7.89. The normalized spacial score (nSPS) is 19.3. The Kier molecular flexibility index (Phi) is 7.10. The number of amides is 1. The molecule has 2 aliphatic rings. The average Bonchev–Trinajstić information content (AvgIpc) is 3.42. The second kappa shape index (κ2) is 10.4. The summed E-state index contributed by atoms with van der Waals surface area (Å²) in [5, 5.41) is 1.12. The predicted molar refractivity (Wildman–Crippen MR) is 134 cm³/mol. The Labute approximate surface area is 205 Å². The summed E-state index contributed by atoms with van der Waals surface area (Å²) < 4.78 is 33.6. The lowest BCUT2D eigenvalue weighted by atomic mass is 10.1. The number of nitrogens with zero attached hydrogens (tertiary/aromatic N) is 3. The molecule has 1 aromatic heterocycles. The molecular formula is C26H30N4O4S. The first-order chi connectivity index (χ1) is 17.0. The number of para-hydroxylation sites is 1. The molecule has 8 nitrogen and oxygen atoms in total. The first-order valence-electron chi connectivity index (χ1n) is 12.1. The van der Waals surface area contributed by atoms with E-state index >= 15 is 0 Å². The Bertz CT molecular complexity index is 1290. The topological polar surface area (TPSA) is 91.8 Å². The van der Waals surface area contributed by atoms with Gasteiger partial charge in [0.2, 0.25) is 10.0 Å². The van der Waals surface area contributed by atoms with Gasteiger partial charge in [0.25, 0.3) is 5.91 Å². The molecule has 0 aliphatic carbocycles. The van der Waals surface area contributed by atoms with Crippen molar-refractivity contribution < 1.29 is 17.9 Å². The van der Waals surface area contributed by atoms with Crippen LogP contribution in [0.4, 0.5) is 0 Å². The van der Waals surface area contributed by atoms with E-state index in [-0.39, 0.29) is 23.5 Å². The molecule has 3 aromatic rings. The van der Waals surface area contributed by atoms with Gasteiger partial charge in [-0.3, -0.25) is 14.7 Å². The number of rotatable bonds is 7. The molecule has 0 bridgehead atoms. The molecule has 0 radical (unpaired) electrons. The van der Waals surface area contributed by atoms with Crippen LogP contribution >= 0.6 is 0 Å². The number of carbonyl (C=O) groups excluding carboxylic acids is 1. The number of carbonyl (C=O) groups is 1. The average molecular weight is 495 g/mol. The van der Waals surface area contributed by atoms with Gasteiger partial charge in [0, 0.05) is 63.0 Å². The minimum Gasteiger partial charge on any atom is -0.377 e. The molecule has 35 heavy (non-hydrogen) atoms. The van der Waals surface area contributed by atoms with Gasteiger partial charge in [-0.2, -0.15) is 0 Å². The van der Waals surface area contributed by atoms with Crippen molar-refractivity contribution in [2.45, 2.75) is 30.4 Å². The van der Waals surface area contributed by atoms with Crippen LogP contribution in [0.15, 0.2) is 65.7 Å². The summed E-state index contributed by atoms with van der Waals surface area (Å²) in [6.07, 6.45) is 3.52. The maximum atomic E-state index is 13.1. The number of hydrogen-bond acceptors (Lipinski definition) is 6. The molecule has 1 unspecified atom stereocenters. The van der Waals surface area contributed by atoms with Crippen molar-refractivity contribution in [2.75, 3.05) is 39.3 Å². The molecule has 5 rings (SSSR count). The molecule has 2 aliphatic heterocycles. The highest BCUT2D eigenvalue weighted by Crippen LogP contribution is 2.20. The molecule has 2 aromatic carbocycles. The Morgan fingerprint density at radius 2 is 1.86 bits per heavy atom. The Morgan fingerprint density at radius 3 is 2.66 bits per heavy atom. The number of hydrogen-bond donors (Lipinski definition) is 1. The van der Waals surface area contributed by atoms with E-state index in [4.69, 9.17) is 4.74 Å². The molecule has 184 valence electrons. The van der Waals surface area contributed by atoms with Gasteiger partial charge in [-0.05, 0) is 42.7 Å². The quantitative estimate of drug-likeness (QED) is 0.543. The van der Waals surface area contributed by atoms with E-state index in [1.807, 2.05) is 12.3 Å². The molecule has 1 atom stereocenters. The van der Waals surface area contributed by atoms with Crippen molar-refractivity contribution in [3.05, 3.63) is 71.9 Å². The van der Waals surface area contributed by atoms with Gasteiger partial charge < -0.3 is 9.64 Å². The van der Waals surface area contributed by atoms with E-state index < -0.39 is 10.0 Å². The lowest BCUT2D eigenvalue weighted by Gasteiger charge is -2.35. The van der Waals surface area contributed by atoms with Crippen LogP contribution in [-0.4, -0.2) is 74.5 Å².